The predicted molar refractivity (Wildman–Crippen MR) is 127 cm³/mol. The molecule has 0 atom stereocenters. The molecule has 160 valence electrons. The third-order valence-electron chi connectivity index (χ3n) is 7.50. The van der Waals surface area contributed by atoms with Crippen molar-refractivity contribution in [3.8, 4) is 0 Å². The van der Waals surface area contributed by atoms with Crippen LogP contribution in [0.1, 0.15) is 105 Å². The molecule has 1 saturated carbocycles. The summed E-state index contributed by atoms with van der Waals surface area (Å²) in [5, 5.41) is 0. The molecule has 0 unspecified atom stereocenters. The van der Waals surface area contributed by atoms with Crippen molar-refractivity contribution in [2.75, 3.05) is 0 Å². The number of allylic oxidation sites excluding steroid dienone is 1. The summed E-state index contributed by atoms with van der Waals surface area (Å²) in [5.74, 6) is 1.65. The number of halogens is 1. The second-order valence-electron chi connectivity index (χ2n) is 9.50. The number of aryl methyl sites for hydroxylation is 2. The quantitative estimate of drug-likeness (QED) is 0.405. The summed E-state index contributed by atoms with van der Waals surface area (Å²) < 4.78 is 14.3. The molecule has 4 rings (SSSR count). The zero-order chi connectivity index (χ0) is 20.9. The van der Waals surface area contributed by atoms with Crippen LogP contribution in [0.25, 0.3) is 11.6 Å². The number of benzene rings is 2. The maximum absolute atomic E-state index is 14.3. The fourth-order valence-corrected chi connectivity index (χ4v) is 5.50. The molecule has 0 spiro atoms. The van der Waals surface area contributed by atoms with Gasteiger partial charge in [-0.3, -0.25) is 0 Å². The molecular formula is C29H37F. The van der Waals surface area contributed by atoms with Crippen molar-refractivity contribution >= 4 is 11.6 Å². The van der Waals surface area contributed by atoms with Gasteiger partial charge in [0.05, 0.1) is 0 Å². The van der Waals surface area contributed by atoms with Crippen LogP contribution in [0.4, 0.5) is 4.39 Å². The van der Waals surface area contributed by atoms with E-state index in [1.807, 2.05) is 6.92 Å². The van der Waals surface area contributed by atoms with Crippen molar-refractivity contribution in [3.63, 3.8) is 0 Å². The summed E-state index contributed by atoms with van der Waals surface area (Å²) in [6, 6.07) is 13.1. The van der Waals surface area contributed by atoms with Gasteiger partial charge in [-0.1, -0.05) is 75.9 Å². The first-order valence-electron chi connectivity index (χ1n) is 12.3. The maximum atomic E-state index is 14.3. The largest absolute Gasteiger partial charge is 0.207 e. The Kier molecular flexibility index (Phi) is 7.08. The van der Waals surface area contributed by atoms with Crippen LogP contribution in [0.15, 0.2) is 36.4 Å². The summed E-state index contributed by atoms with van der Waals surface area (Å²) in [6.45, 7) is 4.32. The van der Waals surface area contributed by atoms with Gasteiger partial charge in [-0.05, 0) is 96.2 Å². The van der Waals surface area contributed by atoms with Crippen molar-refractivity contribution < 1.29 is 4.39 Å². The van der Waals surface area contributed by atoms with Crippen LogP contribution in [0, 0.1) is 11.7 Å². The summed E-state index contributed by atoms with van der Waals surface area (Å²) in [5.41, 5.74) is 7.37. The summed E-state index contributed by atoms with van der Waals surface area (Å²) in [6.07, 6.45) is 16.1. The van der Waals surface area contributed by atoms with Crippen molar-refractivity contribution in [1.82, 2.24) is 0 Å². The summed E-state index contributed by atoms with van der Waals surface area (Å²) >= 11 is 0. The molecule has 0 bridgehead atoms. The Balaban J connectivity index is 1.40. The molecule has 1 fully saturated rings. The lowest BCUT2D eigenvalue weighted by molar-refractivity contribution is 0.303. The first kappa shape index (κ1) is 21.3. The van der Waals surface area contributed by atoms with E-state index in [2.05, 4.69) is 43.3 Å². The molecule has 0 aliphatic heterocycles. The van der Waals surface area contributed by atoms with Gasteiger partial charge >= 0.3 is 0 Å². The van der Waals surface area contributed by atoms with Crippen molar-refractivity contribution in [2.24, 2.45) is 5.92 Å². The van der Waals surface area contributed by atoms with Crippen molar-refractivity contribution in [1.29, 1.82) is 0 Å². The molecule has 30 heavy (non-hydrogen) atoms. The van der Waals surface area contributed by atoms with E-state index in [9.17, 15) is 4.39 Å². The SMILES string of the molecule is CCCCCC1CCC(c2ccc(C3=Cc4cc(F)c(CC)cc4CC3)cc2)CC1. The third-order valence-corrected chi connectivity index (χ3v) is 7.50. The van der Waals surface area contributed by atoms with E-state index in [0.717, 1.165) is 42.2 Å². The van der Waals surface area contributed by atoms with Crippen LogP contribution >= 0.6 is 0 Å². The van der Waals surface area contributed by atoms with E-state index in [0.29, 0.717) is 0 Å². The van der Waals surface area contributed by atoms with Crippen molar-refractivity contribution in [2.45, 2.75) is 90.4 Å². The Bertz CT molecular complexity index is 866. The lowest BCUT2D eigenvalue weighted by atomic mass is 9.76. The van der Waals surface area contributed by atoms with Gasteiger partial charge in [0.2, 0.25) is 0 Å². The first-order chi connectivity index (χ1) is 14.7. The minimum absolute atomic E-state index is 0.0607. The fourth-order valence-electron chi connectivity index (χ4n) is 5.50. The smallest absolute Gasteiger partial charge is 0.127 e. The van der Waals surface area contributed by atoms with Gasteiger partial charge in [-0.15, -0.1) is 0 Å². The fraction of sp³-hybridized carbons (Fsp3) is 0.517. The van der Waals surface area contributed by atoms with E-state index in [1.165, 1.54) is 73.6 Å². The number of fused-ring (bicyclic) bond motifs is 1. The first-order valence-corrected chi connectivity index (χ1v) is 12.3. The summed E-state index contributed by atoms with van der Waals surface area (Å²) in [4.78, 5) is 0. The molecule has 0 N–H and O–H groups in total. The monoisotopic (exact) mass is 404 g/mol. The van der Waals surface area contributed by atoms with Gasteiger partial charge in [0, 0.05) is 0 Å². The predicted octanol–water partition coefficient (Wildman–Crippen LogP) is 8.73. The topological polar surface area (TPSA) is 0 Å². The second kappa shape index (κ2) is 9.94. The average Bonchev–Trinajstić information content (AvgIpc) is 2.79. The Morgan fingerprint density at radius 2 is 1.67 bits per heavy atom. The van der Waals surface area contributed by atoms with E-state index >= 15 is 0 Å². The summed E-state index contributed by atoms with van der Waals surface area (Å²) in [7, 11) is 0. The minimum Gasteiger partial charge on any atom is -0.207 e. The zero-order valence-electron chi connectivity index (χ0n) is 18.9. The van der Waals surface area contributed by atoms with Crippen LogP contribution in [0.5, 0.6) is 0 Å². The van der Waals surface area contributed by atoms with Gasteiger partial charge in [-0.25, -0.2) is 4.39 Å². The Hall–Kier alpha value is -1.89. The Morgan fingerprint density at radius 1 is 0.900 bits per heavy atom. The normalized spacial score (nSPS) is 21.2. The molecule has 0 aromatic heterocycles. The van der Waals surface area contributed by atoms with Gasteiger partial charge in [0.15, 0.2) is 0 Å². The third kappa shape index (κ3) is 4.88. The highest BCUT2D eigenvalue weighted by molar-refractivity contribution is 5.84. The molecule has 0 amide bonds. The molecule has 2 aromatic carbocycles. The zero-order valence-corrected chi connectivity index (χ0v) is 18.9. The molecule has 1 heteroatoms. The second-order valence-corrected chi connectivity index (χ2v) is 9.50. The molecule has 0 radical (unpaired) electrons. The standard InChI is InChI=1S/C29H37F/c1-3-5-6-7-21-8-10-23(11-9-21)24-12-14-25(15-13-24)26-16-17-27-18-22(4-2)29(30)20-28(27)19-26/h12-15,18-21,23H,3-11,16-17H2,1-2H3. The molecule has 2 aliphatic rings. The van der Waals surface area contributed by atoms with E-state index in [4.69, 9.17) is 0 Å². The van der Waals surface area contributed by atoms with E-state index < -0.39 is 0 Å². The highest BCUT2D eigenvalue weighted by Crippen LogP contribution is 2.39. The van der Waals surface area contributed by atoms with Gasteiger partial charge < -0.3 is 0 Å². The lowest BCUT2D eigenvalue weighted by Crippen LogP contribution is -2.13. The van der Waals surface area contributed by atoms with Crippen molar-refractivity contribution in [3.05, 3.63) is 70.0 Å². The molecule has 0 heterocycles. The minimum atomic E-state index is -0.0607. The van der Waals surface area contributed by atoms with Gasteiger partial charge in [0.1, 0.15) is 5.82 Å². The van der Waals surface area contributed by atoms with Crippen LogP contribution in [0.3, 0.4) is 0 Å². The van der Waals surface area contributed by atoms with E-state index in [-0.39, 0.29) is 5.82 Å². The van der Waals surface area contributed by atoms with Gasteiger partial charge in [0.25, 0.3) is 0 Å². The Labute approximate surface area is 182 Å². The Morgan fingerprint density at radius 3 is 2.37 bits per heavy atom. The molecular weight excluding hydrogens is 367 g/mol. The maximum Gasteiger partial charge on any atom is 0.127 e. The highest BCUT2D eigenvalue weighted by atomic mass is 19.1. The molecule has 0 saturated heterocycles. The number of rotatable bonds is 7. The van der Waals surface area contributed by atoms with Crippen LogP contribution in [0.2, 0.25) is 0 Å². The average molecular weight is 405 g/mol. The highest BCUT2D eigenvalue weighted by Gasteiger charge is 2.22. The number of unbranched alkanes of at least 4 members (excludes halogenated alkanes) is 2. The van der Waals surface area contributed by atoms with Crippen LogP contribution in [-0.2, 0) is 12.8 Å². The van der Waals surface area contributed by atoms with Crippen LogP contribution in [-0.4, -0.2) is 0 Å². The lowest BCUT2D eigenvalue weighted by Gasteiger charge is -2.29. The van der Waals surface area contributed by atoms with Crippen LogP contribution < -0.4 is 0 Å². The number of hydrogen-bond acceptors (Lipinski definition) is 0. The number of hydrogen-bond donors (Lipinski definition) is 0. The molecule has 0 nitrogen and oxygen atoms in total. The molecule has 2 aliphatic carbocycles. The van der Waals surface area contributed by atoms with E-state index in [1.54, 1.807) is 6.07 Å². The van der Waals surface area contributed by atoms with Gasteiger partial charge in [-0.2, -0.15) is 0 Å². The molecule has 2 aromatic rings.